The minimum atomic E-state index is -0.785. The lowest BCUT2D eigenvalue weighted by molar-refractivity contribution is -0.140. The molecule has 2 N–H and O–H groups in total. The molecule has 1 aliphatic carbocycles. The summed E-state index contributed by atoms with van der Waals surface area (Å²) in [7, 11) is 0. The second kappa shape index (κ2) is 7.60. The summed E-state index contributed by atoms with van der Waals surface area (Å²) in [5.74, 6) is 0.673. The van der Waals surface area contributed by atoms with E-state index in [-0.39, 0.29) is 0 Å². The molecule has 3 nitrogen and oxygen atoms in total. The van der Waals surface area contributed by atoms with Crippen LogP contribution in [0.4, 0.5) is 0 Å². The summed E-state index contributed by atoms with van der Waals surface area (Å²) in [6.07, 6.45) is 5.94. The van der Waals surface area contributed by atoms with Crippen LogP contribution in [0.25, 0.3) is 0 Å². The minimum absolute atomic E-state index is 0.323. The molecule has 1 aromatic carbocycles. The molecule has 3 heteroatoms. The van der Waals surface area contributed by atoms with E-state index in [0.717, 1.165) is 30.2 Å². The molecule has 1 aliphatic rings. The van der Waals surface area contributed by atoms with Gasteiger partial charge in [-0.15, -0.1) is 0 Å². The van der Waals surface area contributed by atoms with Gasteiger partial charge in [-0.1, -0.05) is 57.0 Å². The van der Waals surface area contributed by atoms with E-state index in [1.54, 1.807) is 0 Å². The van der Waals surface area contributed by atoms with Crippen LogP contribution in [0.3, 0.4) is 0 Å². The first-order valence-corrected chi connectivity index (χ1v) is 8.10. The molecule has 0 amide bonds. The van der Waals surface area contributed by atoms with Crippen molar-refractivity contribution in [2.75, 3.05) is 0 Å². The Balaban J connectivity index is 1.99. The first-order chi connectivity index (χ1) is 10.1. The van der Waals surface area contributed by atoms with Crippen molar-refractivity contribution in [3.8, 4) is 0 Å². The Hall–Kier alpha value is -1.35. The van der Waals surface area contributed by atoms with Crippen LogP contribution in [-0.2, 0) is 4.79 Å². The summed E-state index contributed by atoms with van der Waals surface area (Å²) < 4.78 is 0. The number of rotatable bonds is 6. The summed E-state index contributed by atoms with van der Waals surface area (Å²) in [5.41, 5.74) is 0.844. The smallest absolute Gasteiger partial charge is 0.325 e. The highest BCUT2D eigenvalue weighted by atomic mass is 16.4. The van der Waals surface area contributed by atoms with Crippen LogP contribution in [0.2, 0.25) is 0 Å². The van der Waals surface area contributed by atoms with Gasteiger partial charge in [-0.3, -0.25) is 10.1 Å². The zero-order valence-electron chi connectivity index (χ0n) is 13.1. The highest BCUT2D eigenvalue weighted by Crippen LogP contribution is 2.30. The van der Waals surface area contributed by atoms with E-state index in [9.17, 15) is 9.90 Å². The first-order valence-electron chi connectivity index (χ1n) is 8.10. The van der Waals surface area contributed by atoms with Gasteiger partial charge < -0.3 is 5.11 Å². The largest absolute Gasteiger partial charge is 0.480 e. The van der Waals surface area contributed by atoms with Crippen LogP contribution in [0.5, 0.6) is 0 Å². The molecule has 3 atom stereocenters. The lowest BCUT2D eigenvalue weighted by atomic mass is 9.81. The van der Waals surface area contributed by atoms with Crippen molar-refractivity contribution in [3.63, 3.8) is 0 Å². The zero-order chi connectivity index (χ0) is 15.2. The number of carbonyl (C=O) groups is 1. The Labute approximate surface area is 127 Å². The van der Waals surface area contributed by atoms with E-state index in [1.807, 2.05) is 30.3 Å². The molecule has 0 saturated heterocycles. The van der Waals surface area contributed by atoms with Crippen molar-refractivity contribution >= 4 is 5.97 Å². The molecule has 3 unspecified atom stereocenters. The van der Waals surface area contributed by atoms with Crippen LogP contribution < -0.4 is 5.32 Å². The third kappa shape index (κ3) is 4.85. The minimum Gasteiger partial charge on any atom is -0.480 e. The van der Waals surface area contributed by atoms with Gasteiger partial charge >= 0.3 is 5.97 Å². The second-order valence-corrected chi connectivity index (χ2v) is 6.71. The Kier molecular flexibility index (Phi) is 5.80. The number of benzene rings is 1. The van der Waals surface area contributed by atoms with Crippen molar-refractivity contribution in [2.45, 2.75) is 58.0 Å². The number of hydrogen-bond acceptors (Lipinski definition) is 2. The molecule has 1 fully saturated rings. The molecule has 0 radical (unpaired) electrons. The van der Waals surface area contributed by atoms with E-state index in [1.165, 1.54) is 19.3 Å². The topological polar surface area (TPSA) is 49.3 Å². The number of hydrogen-bond donors (Lipinski definition) is 2. The predicted molar refractivity (Wildman–Crippen MR) is 85.2 cm³/mol. The molecule has 0 aromatic heterocycles. The van der Waals surface area contributed by atoms with E-state index >= 15 is 0 Å². The van der Waals surface area contributed by atoms with Crippen LogP contribution in [0.15, 0.2) is 30.3 Å². The fourth-order valence-corrected chi connectivity index (χ4v) is 3.51. The number of nitrogens with one attached hydrogen (secondary N) is 1. The Morgan fingerprint density at radius 3 is 2.62 bits per heavy atom. The lowest BCUT2D eigenvalue weighted by Crippen LogP contribution is -2.40. The van der Waals surface area contributed by atoms with Gasteiger partial charge in [0.05, 0.1) is 0 Å². The average molecular weight is 289 g/mol. The monoisotopic (exact) mass is 289 g/mol. The summed E-state index contributed by atoms with van der Waals surface area (Å²) >= 11 is 0. The maximum absolute atomic E-state index is 11.6. The van der Waals surface area contributed by atoms with Gasteiger partial charge in [0.25, 0.3) is 0 Å². The summed E-state index contributed by atoms with van der Waals surface area (Å²) in [6.45, 7) is 4.53. The third-order valence-corrected chi connectivity index (χ3v) is 4.37. The maximum Gasteiger partial charge on any atom is 0.325 e. The predicted octanol–water partition coefficient (Wildman–Crippen LogP) is 4.01. The van der Waals surface area contributed by atoms with Gasteiger partial charge in [0, 0.05) is 6.04 Å². The van der Waals surface area contributed by atoms with Crippen LogP contribution in [-0.4, -0.2) is 17.1 Å². The molecule has 2 rings (SSSR count). The van der Waals surface area contributed by atoms with Crippen molar-refractivity contribution < 1.29 is 9.90 Å². The van der Waals surface area contributed by atoms with Gasteiger partial charge in [-0.25, -0.2) is 0 Å². The van der Waals surface area contributed by atoms with Crippen molar-refractivity contribution in [2.24, 2.45) is 11.8 Å². The van der Waals surface area contributed by atoms with E-state index in [4.69, 9.17) is 0 Å². The Morgan fingerprint density at radius 1 is 1.29 bits per heavy atom. The van der Waals surface area contributed by atoms with E-state index < -0.39 is 12.0 Å². The average Bonchev–Trinajstić information content (AvgIpc) is 2.45. The number of carboxylic acids is 1. The normalized spacial score (nSPS) is 24.0. The van der Waals surface area contributed by atoms with Crippen molar-refractivity contribution in [3.05, 3.63) is 35.9 Å². The van der Waals surface area contributed by atoms with Gasteiger partial charge in [0.1, 0.15) is 6.04 Å². The molecule has 0 heterocycles. The van der Waals surface area contributed by atoms with Crippen LogP contribution >= 0.6 is 0 Å². The van der Waals surface area contributed by atoms with Gasteiger partial charge in [-0.05, 0) is 36.7 Å². The molecule has 1 saturated carbocycles. The molecule has 1 aromatic rings. The highest BCUT2D eigenvalue weighted by Gasteiger charge is 2.27. The van der Waals surface area contributed by atoms with Crippen LogP contribution in [0.1, 0.15) is 57.6 Å². The van der Waals surface area contributed by atoms with Crippen molar-refractivity contribution in [1.29, 1.82) is 0 Å². The molecule has 21 heavy (non-hydrogen) atoms. The quantitative estimate of drug-likeness (QED) is 0.832. The maximum atomic E-state index is 11.6. The van der Waals surface area contributed by atoms with Crippen LogP contribution in [0, 0.1) is 11.8 Å². The molecule has 0 aliphatic heterocycles. The zero-order valence-corrected chi connectivity index (χ0v) is 13.1. The second-order valence-electron chi connectivity index (χ2n) is 6.71. The molecular weight excluding hydrogens is 262 g/mol. The SMILES string of the molecule is CC(C)CC1CCCC(NC(C(=O)O)c2ccccc2)C1. The van der Waals surface area contributed by atoms with E-state index in [2.05, 4.69) is 19.2 Å². The lowest BCUT2D eigenvalue weighted by Gasteiger charge is -2.32. The third-order valence-electron chi connectivity index (χ3n) is 4.37. The van der Waals surface area contributed by atoms with Gasteiger partial charge in [0.2, 0.25) is 0 Å². The molecule has 116 valence electrons. The summed E-state index contributed by atoms with van der Waals surface area (Å²) in [4.78, 5) is 11.6. The summed E-state index contributed by atoms with van der Waals surface area (Å²) in [5, 5.41) is 12.9. The van der Waals surface area contributed by atoms with Gasteiger partial charge in [-0.2, -0.15) is 0 Å². The first kappa shape index (κ1) is 16.0. The highest BCUT2D eigenvalue weighted by molar-refractivity contribution is 5.75. The molecule has 0 bridgehead atoms. The fraction of sp³-hybridized carbons (Fsp3) is 0.611. The van der Waals surface area contributed by atoms with Crippen molar-refractivity contribution in [1.82, 2.24) is 5.32 Å². The van der Waals surface area contributed by atoms with E-state index in [0.29, 0.717) is 6.04 Å². The molecule has 0 spiro atoms. The standard InChI is InChI=1S/C18H27NO2/c1-13(2)11-14-7-6-10-16(12-14)19-17(18(20)21)15-8-4-3-5-9-15/h3-5,8-9,13-14,16-17,19H,6-7,10-12H2,1-2H3,(H,20,21). The number of aliphatic carboxylic acids is 1. The Bertz CT molecular complexity index is 444. The molecular formula is C18H27NO2. The number of carboxylic acid groups (broad SMARTS) is 1. The summed E-state index contributed by atoms with van der Waals surface area (Å²) in [6, 6.07) is 9.23. The Morgan fingerprint density at radius 2 is 2.00 bits per heavy atom. The fourth-order valence-electron chi connectivity index (χ4n) is 3.51. The van der Waals surface area contributed by atoms with Gasteiger partial charge in [0.15, 0.2) is 0 Å².